The number of non-ortho nitro benzene ring substituents is 1. The standard InChI is InChI=1S/C21H18N2O5/c24-21-17-4-2-1-3-15(17)16-9-10-19-18(20(16)28-21)11-22(12-27-19)13-5-7-14(8-6-13)23(25)26/h5-10H,1-4,11-12H2. The summed E-state index contributed by atoms with van der Waals surface area (Å²) >= 11 is 0. The van der Waals surface area contributed by atoms with Crippen LogP contribution in [0.2, 0.25) is 0 Å². The van der Waals surface area contributed by atoms with Gasteiger partial charge < -0.3 is 14.1 Å². The predicted octanol–water partition coefficient (Wildman–Crippen LogP) is 3.94. The zero-order valence-corrected chi connectivity index (χ0v) is 15.1. The maximum absolute atomic E-state index is 12.5. The van der Waals surface area contributed by atoms with Gasteiger partial charge in [0.2, 0.25) is 0 Å². The van der Waals surface area contributed by atoms with Crippen LogP contribution in [0.5, 0.6) is 5.75 Å². The van der Waals surface area contributed by atoms with Gasteiger partial charge in [-0.3, -0.25) is 10.1 Å². The first-order valence-electron chi connectivity index (χ1n) is 9.34. The Bertz CT molecular complexity index is 1150. The van der Waals surface area contributed by atoms with Crippen LogP contribution >= 0.6 is 0 Å². The average molecular weight is 378 g/mol. The van der Waals surface area contributed by atoms with Gasteiger partial charge in [0, 0.05) is 28.8 Å². The van der Waals surface area contributed by atoms with Crippen molar-refractivity contribution in [2.24, 2.45) is 0 Å². The Kier molecular flexibility index (Phi) is 3.82. The smallest absolute Gasteiger partial charge is 0.339 e. The largest absolute Gasteiger partial charge is 0.473 e. The van der Waals surface area contributed by atoms with Crippen molar-refractivity contribution < 1.29 is 14.1 Å². The van der Waals surface area contributed by atoms with Crippen LogP contribution < -0.4 is 15.3 Å². The van der Waals surface area contributed by atoms with E-state index in [2.05, 4.69) is 0 Å². The van der Waals surface area contributed by atoms with E-state index >= 15 is 0 Å². The first kappa shape index (κ1) is 16.8. The third-order valence-electron chi connectivity index (χ3n) is 5.60. The fraction of sp³-hybridized carbons (Fsp3) is 0.286. The molecule has 1 aliphatic carbocycles. The van der Waals surface area contributed by atoms with E-state index < -0.39 is 4.92 Å². The van der Waals surface area contributed by atoms with Crippen LogP contribution in [0, 0.1) is 10.1 Å². The molecule has 5 rings (SSSR count). The third-order valence-corrected chi connectivity index (χ3v) is 5.60. The second-order valence-corrected chi connectivity index (χ2v) is 7.22. The molecule has 2 aliphatic rings. The summed E-state index contributed by atoms with van der Waals surface area (Å²) in [6.45, 7) is 0.831. The van der Waals surface area contributed by atoms with Gasteiger partial charge in [-0.2, -0.15) is 0 Å². The molecular formula is C21H18N2O5. The Morgan fingerprint density at radius 3 is 2.46 bits per heavy atom. The predicted molar refractivity (Wildman–Crippen MR) is 104 cm³/mol. The molecule has 7 heteroatoms. The zero-order chi connectivity index (χ0) is 19.3. The van der Waals surface area contributed by atoms with Gasteiger partial charge in [0.25, 0.3) is 5.69 Å². The van der Waals surface area contributed by atoms with Crippen molar-refractivity contribution in [1.82, 2.24) is 0 Å². The molecule has 2 aromatic carbocycles. The van der Waals surface area contributed by atoms with Crippen molar-refractivity contribution >= 4 is 22.3 Å². The summed E-state index contributed by atoms with van der Waals surface area (Å²) in [5, 5.41) is 11.9. The van der Waals surface area contributed by atoms with Crippen molar-refractivity contribution in [2.75, 3.05) is 11.6 Å². The van der Waals surface area contributed by atoms with E-state index in [1.807, 2.05) is 17.0 Å². The normalized spacial score (nSPS) is 15.6. The van der Waals surface area contributed by atoms with Crippen LogP contribution in [0.15, 0.2) is 45.6 Å². The number of aryl methyl sites for hydroxylation is 1. The Balaban J connectivity index is 1.58. The molecule has 0 atom stereocenters. The molecule has 0 saturated carbocycles. The number of rotatable bonds is 2. The fourth-order valence-corrected chi connectivity index (χ4v) is 4.17. The monoisotopic (exact) mass is 378 g/mol. The topological polar surface area (TPSA) is 85.8 Å². The minimum atomic E-state index is -0.420. The van der Waals surface area contributed by atoms with Gasteiger partial charge in [0.15, 0.2) is 6.73 Å². The van der Waals surface area contributed by atoms with Gasteiger partial charge >= 0.3 is 5.63 Å². The summed E-state index contributed by atoms with van der Waals surface area (Å²) in [5.74, 6) is 0.713. The molecule has 142 valence electrons. The average Bonchev–Trinajstić information content (AvgIpc) is 2.73. The molecule has 7 nitrogen and oxygen atoms in total. The van der Waals surface area contributed by atoms with Gasteiger partial charge in [0.05, 0.1) is 17.0 Å². The summed E-state index contributed by atoms with van der Waals surface area (Å²) in [4.78, 5) is 24.9. The SMILES string of the molecule is O=c1oc2c3c(ccc2c2c1CCCC2)OCN(c1ccc([N+](=O)[O-])cc1)C3. The van der Waals surface area contributed by atoms with Crippen LogP contribution in [-0.4, -0.2) is 11.7 Å². The zero-order valence-electron chi connectivity index (χ0n) is 15.1. The Hall–Kier alpha value is -3.35. The third kappa shape index (κ3) is 2.62. The second kappa shape index (κ2) is 6.37. The minimum Gasteiger partial charge on any atom is -0.473 e. The highest BCUT2D eigenvalue weighted by molar-refractivity contribution is 5.86. The maximum Gasteiger partial charge on any atom is 0.339 e. The molecule has 0 unspecified atom stereocenters. The molecule has 0 N–H and O–H groups in total. The summed E-state index contributed by atoms with van der Waals surface area (Å²) in [6.07, 6.45) is 3.76. The molecule has 3 aromatic rings. The quantitative estimate of drug-likeness (QED) is 0.381. The highest BCUT2D eigenvalue weighted by atomic mass is 16.6. The molecule has 0 radical (unpaired) electrons. The lowest BCUT2D eigenvalue weighted by atomic mass is 9.90. The maximum atomic E-state index is 12.5. The lowest BCUT2D eigenvalue weighted by molar-refractivity contribution is -0.384. The number of hydrogen-bond acceptors (Lipinski definition) is 6. The molecule has 2 heterocycles. The minimum absolute atomic E-state index is 0.0464. The van der Waals surface area contributed by atoms with Gasteiger partial charge in [-0.25, -0.2) is 4.79 Å². The number of nitro benzene ring substituents is 1. The Morgan fingerprint density at radius 1 is 0.964 bits per heavy atom. The van der Waals surface area contributed by atoms with E-state index in [0.717, 1.165) is 53.4 Å². The molecule has 0 amide bonds. The van der Waals surface area contributed by atoms with E-state index in [-0.39, 0.29) is 11.3 Å². The molecular weight excluding hydrogens is 360 g/mol. The molecule has 1 aliphatic heterocycles. The van der Waals surface area contributed by atoms with Gasteiger partial charge in [-0.1, -0.05) is 0 Å². The van der Waals surface area contributed by atoms with Gasteiger partial charge in [0.1, 0.15) is 11.3 Å². The number of fused-ring (bicyclic) bond motifs is 5. The number of ether oxygens (including phenoxy) is 1. The van der Waals surface area contributed by atoms with Crippen molar-refractivity contribution in [1.29, 1.82) is 0 Å². The van der Waals surface area contributed by atoms with E-state index in [0.29, 0.717) is 24.6 Å². The molecule has 0 spiro atoms. The van der Waals surface area contributed by atoms with Crippen LogP contribution in [0.1, 0.15) is 29.5 Å². The summed E-state index contributed by atoms with van der Waals surface area (Å²) < 4.78 is 11.6. The van der Waals surface area contributed by atoms with E-state index in [1.54, 1.807) is 12.1 Å². The summed E-state index contributed by atoms with van der Waals surface area (Å²) in [7, 11) is 0. The molecule has 0 saturated heterocycles. The van der Waals surface area contributed by atoms with Crippen molar-refractivity contribution in [3.63, 3.8) is 0 Å². The molecule has 0 fully saturated rings. The molecule has 28 heavy (non-hydrogen) atoms. The summed E-state index contributed by atoms with van der Waals surface area (Å²) in [5.41, 5.74) is 3.96. The van der Waals surface area contributed by atoms with Crippen molar-refractivity contribution in [3.8, 4) is 5.75 Å². The van der Waals surface area contributed by atoms with Crippen LogP contribution in [-0.2, 0) is 19.4 Å². The lowest BCUT2D eigenvalue weighted by Gasteiger charge is -2.31. The van der Waals surface area contributed by atoms with E-state index in [4.69, 9.17) is 9.15 Å². The van der Waals surface area contributed by atoms with E-state index in [1.165, 1.54) is 12.1 Å². The fourth-order valence-electron chi connectivity index (χ4n) is 4.17. The van der Waals surface area contributed by atoms with Gasteiger partial charge in [-0.05, 0) is 55.5 Å². The van der Waals surface area contributed by atoms with Crippen molar-refractivity contribution in [2.45, 2.75) is 32.2 Å². The lowest BCUT2D eigenvalue weighted by Crippen LogP contribution is -2.32. The van der Waals surface area contributed by atoms with Crippen LogP contribution in [0.25, 0.3) is 11.0 Å². The number of anilines is 1. The number of nitro groups is 1. The molecule has 0 bridgehead atoms. The highest BCUT2D eigenvalue weighted by Gasteiger charge is 2.25. The van der Waals surface area contributed by atoms with Gasteiger partial charge in [-0.15, -0.1) is 0 Å². The van der Waals surface area contributed by atoms with Crippen LogP contribution in [0.3, 0.4) is 0 Å². The number of hydrogen-bond donors (Lipinski definition) is 0. The summed E-state index contributed by atoms with van der Waals surface area (Å²) in [6, 6.07) is 10.3. The first-order valence-corrected chi connectivity index (χ1v) is 9.34. The highest BCUT2D eigenvalue weighted by Crippen LogP contribution is 2.37. The number of benzene rings is 2. The van der Waals surface area contributed by atoms with Crippen molar-refractivity contribution in [3.05, 3.63) is 73.6 Å². The van der Waals surface area contributed by atoms with Crippen LogP contribution in [0.4, 0.5) is 11.4 Å². The van der Waals surface area contributed by atoms with E-state index in [9.17, 15) is 14.9 Å². The molecule has 1 aromatic heterocycles. The number of nitrogens with zero attached hydrogens (tertiary/aromatic N) is 2. The Labute approximate surface area is 160 Å². The Morgan fingerprint density at radius 2 is 1.71 bits per heavy atom. The first-order chi connectivity index (χ1) is 13.6. The second-order valence-electron chi connectivity index (χ2n) is 7.22.